The molecule has 0 saturated carbocycles. The molecule has 1 rings (SSSR count). The fourth-order valence-electron chi connectivity index (χ4n) is 1.19. The number of para-hydroxylation sites is 1. The van der Waals surface area contributed by atoms with Gasteiger partial charge in [0.05, 0.1) is 5.69 Å². The number of anilines is 1. The Balaban J connectivity index is 3.01. The topological polar surface area (TPSA) is 38.3 Å². The summed E-state index contributed by atoms with van der Waals surface area (Å²) in [4.78, 5) is 11.9. The minimum atomic E-state index is -0.425. The Morgan fingerprint density at radius 3 is 2.50 bits per heavy atom. The summed E-state index contributed by atoms with van der Waals surface area (Å²) in [5, 5.41) is 2.87. The van der Waals surface area contributed by atoms with Crippen LogP contribution in [0, 0.1) is 12.3 Å². The first-order valence-electron chi connectivity index (χ1n) is 5.11. The van der Waals surface area contributed by atoms with Gasteiger partial charge in [-0.3, -0.25) is 4.79 Å². The lowest BCUT2D eigenvalue weighted by Gasteiger charge is -2.20. The zero-order chi connectivity index (χ0) is 12.3. The van der Waals surface area contributed by atoms with Crippen LogP contribution in [0.3, 0.4) is 0 Å². The van der Waals surface area contributed by atoms with E-state index in [1.165, 1.54) is 0 Å². The van der Waals surface area contributed by atoms with Crippen molar-refractivity contribution in [1.29, 1.82) is 0 Å². The molecule has 4 heteroatoms. The smallest absolute Gasteiger partial charge is 0.341 e. The molecule has 1 aromatic carbocycles. The van der Waals surface area contributed by atoms with E-state index in [4.69, 9.17) is 4.43 Å². The van der Waals surface area contributed by atoms with Gasteiger partial charge >= 0.3 is 10.5 Å². The molecule has 0 aromatic heterocycles. The standard InChI is InChI=1S/C12H16NO2Si/c1-8-6-5-7-9(15-16)10(8)13-11(14)12(2,3)4/h5-7H,1-4H3,(H,13,14). The second kappa shape index (κ2) is 4.70. The lowest BCUT2D eigenvalue weighted by Crippen LogP contribution is -2.28. The lowest BCUT2D eigenvalue weighted by molar-refractivity contribution is -0.123. The van der Waals surface area contributed by atoms with E-state index in [2.05, 4.69) is 15.8 Å². The molecule has 0 aliphatic heterocycles. The summed E-state index contributed by atoms with van der Waals surface area (Å²) in [6, 6.07) is 5.59. The van der Waals surface area contributed by atoms with E-state index in [0.29, 0.717) is 11.4 Å². The van der Waals surface area contributed by atoms with Gasteiger partial charge in [-0.25, -0.2) is 0 Å². The zero-order valence-corrected chi connectivity index (χ0v) is 11.0. The summed E-state index contributed by atoms with van der Waals surface area (Å²) in [7, 11) is 2.98. The quantitative estimate of drug-likeness (QED) is 0.798. The molecule has 0 heterocycles. The Morgan fingerprint density at radius 2 is 2.00 bits per heavy atom. The van der Waals surface area contributed by atoms with Crippen LogP contribution in [0.5, 0.6) is 5.75 Å². The Labute approximate surface area is 99.7 Å². The Hall–Kier alpha value is -1.29. The van der Waals surface area contributed by atoms with Gasteiger partial charge in [0.15, 0.2) is 0 Å². The molecule has 0 spiro atoms. The van der Waals surface area contributed by atoms with Crippen molar-refractivity contribution in [3.8, 4) is 5.75 Å². The Morgan fingerprint density at radius 1 is 1.38 bits per heavy atom. The van der Waals surface area contributed by atoms with Gasteiger partial charge in [-0.2, -0.15) is 0 Å². The zero-order valence-electron chi connectivity index (χ0n) is 10.0. The fraction of sp³-hybridized carbons (Fsp3) is 0.417. The van der Waals surface area contributed by atoms with Gasteiger partial charge in [0.25, 0.3) is 0 Å². The highest BCUT2D eigenvalue weighted by Crippen LogP contribution is 2.29. The van der Waals surface area contributed by atoms with Crippen LogP contribution in [0.4, 0.5) is 5.69 Å². The van der Waals surface area contributed by atoms with E-state index in [1.807, 2.05) is 39.8 Å². The highest BCUT2D eigenvalue weighted by Gasteiger charge is 2.22. The predicted molar refractivity (Wildman–Crippen MR) is 65.6 cm³/mol. The maximum absolute atomic E-state index is 11.9. The van der Waals surface area contributed by atoms with Crippen LogP contribution >= 0.6 is 0 Å². The monoisotopic (exact) mass is 234 g/mol. The number of carbonyl (C=O) groups is 1. The summed E-state index contributed by atoms with van der Waals surface area (Å²) in [6.45, 7) is 7.53. The number of amides is 1. The van der Waals surface area contributed by atoms with Crippen LogP contribution in [-0.4, -0.2) is 16.4 Å². The molecule has 85 valence electrons. The van der Waals surface area contributed by atoms with Crippen molar-refractivity contribution in [3.63, 3.8) is 0 Å². The third kappa shape index (κ3) is 2.85. The van der Waals surface area contributed by atoms with Crippen molar-refractivity contribution in [2.75, 3.05) is 5.32 Å². The van der Waals surface area contributed by atoms with E-state index in [9.17, 15) is 4.79 Å². The number of nitrogens with one attached hydrogen (secondary N) is 1. The molecule has 1 aromatic rings. The van der Waals surface area contributed by atoms with E-state index >= 15 is 0 Å². The third-order valence-corrected chi connectivity index (χ3v) is 2.48. The number of aryl methyl sites for hydroxylation is 1. The average molecular weight is 234 g/mol. The van der Waals surface area contributed by atoms with Crippen LogP contribution in [0.1, 0.15) is 26.3 Å². The van der Waals surface area contributed by atoms with Crippen LogP contribution in [0.2, 0.25) is 0 Å². The molecule has 0 aliphatic rings. The summed E-state index contributed by atoms with van der Waals surface area (Å²) in [6.07, 6.45) is 0. The highest BCUT2D eigenvalue weighted by atomic mass is 28.2. The number of carbonyl (C=O) groups excluding carboxylic acids is 1. The minimum Gasteiger partial charge on any atom is -0.539 e. The molecule has 1 N–H and O–H groups in total. The number of rotatable bonds is 2. The number of hydrogen-bond acceptors (Lipinski definition) is 2. The van der Waals surface area contributed by atoms with Gasteiger partial charge in [-0.15, -0.1) is 0 Å². The second-order valence-corrected chi connectivity index (χ2v) is 4.96. The molecule has 0 bridgehead atoms. The molecule has 16 heavy (non-hydrogen) atoms. The normalized spacial score (nSPS) is 11.1. The molecular weight excluding hydrogens is 218 g/mol. The van der Waals surface area contributed by atoms with E-state index in [1.54, 1.807) is 6.07 Å². The van der Waals surface area contributed by atoms with E-state index in [-0.39, 0.29) is 5.91 Å². The lowest BCUT2D eigenvalue weighted by atomic mass is 9.95. The van der Waals surface area contributed by atoms with Crippen molar-refractivity contribution < 1.29 is 9.22 Å². The Bertz CT molecular complexity index is 396. The molecule has 0 atom stereocenters. The highest BCUT2D eigenvalue weighted by molar-refractivity contribution is 6.02. The maximum atomic E-state index is 11.9. The second-order valence-electron chi connectivity index (χ2n) is 4.75. The molecule has 0 unspecified atom stereocenters. The van der Waals surface area contributed by atoms with Crippen LogP contribution in [0.15, 0.2) is 18.2 Å². The first-order valence-corrected chi connectivity index (χ1v) is 5.51. The number of hydrogen-bond donors (Lipinski definition) is 1. The SMILES string of the molecule is Cc1cccc(O[Si])c1NC(=O)C(C)(C)C. The molecule has 3 nitrogen and oxygen atoms in total. The minimum absolute atomic E-state index is 0.0354. The van der Waals surface area contributed by atoms with Crippen LogP contribution in [-0.2, 0) is 4.79 Å². The predicted octanol–water partition coefficient (Wildman–Crippen LogP) is 2.44. The molecule has 3 radical (unpaired) electrons. The Kier molecular flexibility index (Phi) is 3.75. The largest absolute Gasteiger partial charge is 0.539 e. The molecular formula is C12H16NO2Si. The molecule has 0 saturated heterocycles. The first kappa shape index (κ1) is 12.8. The maximum Gasteiger partial charge on any atom is 0.341 e. The van der Waals surface area contributed by atoms with Gasteiger partial charge in [0.1, 0.15) is 5.75 Å². The fourth-order valence-corrected chi connectivity index (χ4v) is 1.36. The van der Waals surface area contributed by atoms with Gasteiger partial charge in [-0.1, -0.05) is 32.9 Å². The average Bonchev–Trinajstić information content (AvgIpc) is 2.19. The summed E-state index contributed by atoms with van der Waals surface area (Å²) in [5.74, 6) is 0.570. The van der Waals surface area contributed by atoms with E-state index in [0.717, 1.165) is 5.56 Å². The van der Waals surface area contributed by atoms with Gasteiger partial charge in [0, 0.05) is 5.41 Å². The van der Waals surface area contributed by atoms with Crippen LogP contribution < -0.4 is 9.74 Å². The first-order chi connectivity index (χ1) is 7.36. The number of benzene rings is 1. The van der Waals surface area contributed by atoms with Crippen molar-refractivity contribution in [1.82, 2.24) is 0 Å². The van der Waals surface area contributed by atoms with E-state index < -0.39 is 5.41 Å². The van der Waals surface area contributed by atoms with Crippen LogP contribution in [0.25, 0.3) is 0 Å². The van der Waals surface area contributed by atoms with Crippen molar-refractivity contribution in [2.45, 2.75) is 27.7 Å². The summed E-state index contributed by atoms with van der Waals surface area (Å²) < 4.78 is 5.03. The third-order valence-electron chi connectivity index (χ3n) is 2.26. The summed E-state index contributed by atoms with van der Waals surface area (Å²) in [5.41, 5.74) is 1.25. The summed E-state index contributed by atoms with van der Waals surface area (Å²) >= 11 is 0. The van der Waals surface area contributed by atoms with Crippen molar-refractivity contribution in [3.05, 3.63) is 23.8 Å². The van der Waals surface area contributed by atoms with Gasteiger partial charge < -0.3 is 9.74 Å². The molecule has 0 aliphatic carbocycles. The van der Waals surface area contributed by atoms with Gasteiger partial charge in [-0.05, 0) is 18.6 Å². The molecule has 0 fully saturated rings. The van der Waals surface area contributed by atoms with Gasteiger partial charge in [0.2, 0.25) is 5.91 Å². The molecule has 1 amide bonds. The van der Waals surface area contributed by atoms with Crippen molar-refractivity contribution in [2.24, 2.45) is 5.41 Å². The van der Waals surface area contributed by atoms with Crippen molar-refractivity contribution >= 4 is 22.1 Å².